The van der Waals surface area contributed by atoms with E-state index in [1.165, 1.54) is 42.5 Å². The van der Waals surface area contributed by atoms with Crippen LogP contribution in [0.2, 0.25) is 0 Å². The standard InChI is InChI=1S/C26H28O12/c27-8-18-20(32)21(33)23(35)26(38-18)14-6-11(24-22(34)19(31)16(30)9-36-24)5-13-15(29)7-17(37-25(13)14)10-1-3-12(28)4-2-10/h1-7,16,18-24,26-28,30-35H,8-9H2/t16-,18+,19-,20+,21-,22+,23+,24-,26-/m0/s1. The summed E-state index contributed by atoms with van der Waals surface area (Å²) in [4.78, 5) is 13.3. The first kappa shape index (κ1) is 26.7. The molecule has 0 aliphatic carbocycles. The summed E-state index contributed by atoms with van der Waals surface area (Å²) in [5.74, 6) is 0.121. The van der Waals surface area contributed by atoms with Gasteiger partial charge in [-0.05, 0) is 42.0 Å². The lowest BCUT2D eigenvalue weighted by molar-refractivity contribution is -0.231. The summed E-state index contributed by atoms with van der Waals surface area (Å²) < 4.78 is 17.4. The molecule has 0 saturated carbocycles. The molecule has 2 fully saturated rings. The molecule has 38 heavy (non-hydrogen) atoms. The van der Waals surface area contributed by atoms with Crippen LogP contribution in [0.5, 0.6) is 5.75 Å². The van der Waals surface area contributed by atoms with Crippen molar-refractivity contribution in [2.75, 3.05) is 13.2 Å². The highest BCUT2D eigenvalue weighted by Crippen LogP contribution is 2.40. The summed E-state index contributed by atoms with van der Waals surface area (Å²) in [7, 11) is 0. The Morgan fingerprint density at radius 2 is 1.50 bits per heavy atom. The number of ether oxygens (including phenoxy) is 2. The fourth-order valence-corrected chi connectivity index (χ4v) is 4.91. The van der Waals surface area contributed by atoms with Crippen molar-refractivity contribution in [3.8, 4) is 17.1 Å². The van der Waals surface area contributed by atoms with Crippen molar-refractivity contribution in [1.29, 1.82) is 0 Å². The monoisotopic (exact) mass is 532 g/mol. The van der Waals surface area contributed by atoms with Crippen molar-refractivity contribution in [1.82, 2.24) is 0 Å². The molecule has 0 bridgehead atoms. The van der Waals surface area contributed by atoms with Crippen molar-refractivity contribution in [2.45, 2.75) is 54.9 Å². The lowest BCUT2D eigenvalue weighted by Crippen LogP contribution is -2.55. The van der Waals surface area contributed by atoms with E-state index in [2.05, 4.69) is 0 Å². The Morgan fingerprint density at radius 1 is 0.816 bits per heavy atom. The maximum absolute atomic E-state index is 13.3. The van der Waals surface area contributed by atoms with Crippen LogP contribution in [0, 0.1) is 0 Å². The molecule has 2 saturated heterocycles. The van der Waals surface area contributed by atoms with Crippen molar-refractivity contribution in [3.63, 3.8) is 0 Å². The van der Waals surface area contributed by atoms with Gasteiger partial charge in [0.25, 0.3) is 0 Å². The van der Waals surface area contributed by atoms with E-state index >= 15 is 0 Å². The summed E-state index contributed by atoms with van der Waals surface area (Å²) in [6.07, 6.45) is -13.3. The summed E-state index contributed by atoms with van der Waals surface area (Å²) >= 11 is 0. The highest BCUT2D eigenvalue weighted by molar-refractivity contribution is 5.83. The largest absolute Gasteiger partial charge is 0.508 e. The molecule has 2 aliphatic heterocycles. The number of aromatic hydroxyl groups is 1. The minimum absolute atomic E-state index is 0.00174. The van der Waals surface area contributed by atoms with Crippen molar-refractivity contribution >= 4 is 11.0 Å². The quantitative estimate of drug-likeness (QED) is 0.200. The number of phenols is 1. The van der Waals surface area contributed by atoms with Gasteiger partial charge in [-0.3, -0.25) is 4.79 Å². The van der Waals surface area contributed by atoms with Crippen LogP contribution >= 0.6 is 0 Å². The van der Waals surface area contributed by atoms with E-state index in [0.29, 0.717) is 5.56 Å². The first-order valence-electron chi connectivity index (χ1n) is 12.0. The molecule has 2 aliphatic rings. The molecular formula is C26H28O12. The van der Waals surface area contributed by atoms with Crippen LogP contribution in [0.3, 0.4) is 0 Å². The summed E-state index contributed by atoms with van der Waals surface area (Å²) in [5, 5.41) is 81.4. The zero-order valence-corrected chi connectivity index (χ0v) is 19.9. The normalized spacial score (nSPS) is 33.9. The second-order valence-electron chi connectivity index (χ2n) is 9.56. The number of aliphatic hydroxyl groups excluding tert-OH is 7. The fraction of sp³-hybridized carbons (Fsp3) is 0.423. The molecule has 0 unspecified atom stereocenters. The van der Waals surface area contributed by atoms with Crippen molar-refractivity contribution in [2.24, 2.45) is 0 Å². The van der Waals surface area contributed by atoms with Crippen LogP contribution in [0.25, 0.3) is 22.3 Å². The van der Waals surface area contributed by atoms with Gasteiger partial charge in [0.15, 0.2) is 5.43 Å². The molecule has 0 amide bonds. The Bertz CT molecular complexity index is 1350. The van der Waals surface area contributed by atoms with Gasteiger partial charge in [0.05, 0.1) is 18.6 Å². The zero-order valence-electron chi connectivity index (χ0n) is 19.9. The first-order valence-corrected chi connectivity index (χ1v) is 12.0. The highest BCUT2D eigenvalue weighted by Gasteiger charge is 2.46. The molecule has 5 rings (SSSR count). The van der Waals surface area contributed by atoms with Gasteiger partial charge in [0.1, 0.15) is 72.0 Å². The van der Waals surface area contributed by atoms with E-state index in [-0.39, 0.29) is 40.2 Å². The second kappa shape index (κ2) is 10.3. The van der Waals surface area contributed by atoms with E-state index in [9.17, 15) is 45.6 Å². The van der Waals surface area contributed by atoms with Gasteiger partial charge in [-0.2, -0.15) is 0 Å². The molecule has 9 atom stereocenters. The number of hydrogen-bond acceptors (Lipinski definition) is 12. The Labute approximate surface area is 215 Å². The van der Waals surface area contributed by atoms with Gasteiger partial charge in [0, 0.05) is 17.2 Å². The Balaban J connectivity index is 1.71. The molecular weight excluding hydrogens is 504 g/mol. The van der Waals surface area contributed by atoms with Gasteiger partial charge in [0.2, 0.25) is 0 Å². The summed E-state index contributed by atoms with van der Waals surface area (Å²) in [6.45, 7) is -0.985. The molecule has 8 N–H and O–H groups in total. The number of hydrogen-bond donors (Lipinski definition) is 8. The van der Waals surface area contributed by atoms with E-state index in [1.807, 2.05) is 0 Å². The maximum atomic E-state index is 13.3. The predicted molar refractivity (Wildman–Crippen MR) is 129 cm³/mol. The SMILES string of the molecule is O=c1cc(-c2ccc(O)cc2)oc2c([C@@H]3O[C@H](CO)[C@@H](O)[C@H](O)[C@H]3O)cc([C@@H]3OC[C@H](O)[C@H](O)[C@H]3O)cc12. The maximum Gasteiger partial charge on any atom is 0.193 e. The lowest BCUT2D eigenvalue weighted by atomic mass is 9.87. The number of fused-ring (bicyclic) bond motifs is 1. The van der Waals surface area contributed by atoms with E-state index in [1.54, 1.807) is 0 Å². The van der Waals surface area contributed by atoms with Crippen molar-refractivity contribution < 1.29 is 54.7 Å². The minimum Gasteiger partial charge on any atom is -0.508 e. The van der Waals surface area contributed by atoms with Gasteiger partial charge < -0.3 is 54.7 Å². The van der Waals surface area contributed by atoms with E-state index in [4.69, 9.17) is 13.9 Å². The molecule has 2 aromatic carbocycles. The van der Waals surface area contributed by atoms with Crippen molar-refractivity contribution in [3.05, 3.63) is 63.8 Å². The average molecular weight is 532 g/mol. The number of phenolic OH excluding ortho intramolecular Hbond substituents is 1. The van der Waals surface area contributed by atoms with Gasteiger partial charge >= 0.3 is 0 Å². The van der Waals surface area contributed by atoms with E-state index in [0.717, 1.165) is 0 Å². The van der Waals surface area contributed by atoms with Crippen LogP contribution in [0.4, 0.5) is 0 Å². The van der Waals surface area contributed by atoms with Crippen LogP contribution in [-0.4, -0.2) is 96.8 Å². The zero-order chi connectivity index (χ0) is 27.3. The van der Waals surface area contributed by atoms with Gasteiger partial charge in [-0.1, -0.05) is 0 Å². The smallest absolute Gasteiger partial charge is 0.193 e. The summed E-state index contributed by atoms with van der Waals surface area (Å²) in [5.41, 5.74) is 0.123. The molecule has 3 heterocycles. The number of aliphatic hydroxyl groups is 7. The molecule has 204 valence electrons. The topological polar surface area (TPSA) is 211 Å². The molecule has 3 aromatic rings. The second-order valence-corrected chi connectivity index (χ2v) is 9.56. The lowest BCUT2D eigenvalue weighted by Gasteiger charge is -2.40. The van der Waals surface area contributed by atoms with Crippen LogP contribution in [0.1, 0.15) is 23.3 Å². The Morgan fingerprint density at radius 3 is 2.18 bits per heavy atom. The van der Waals surface area contributed by atoms with Crippen LogP contribution in [-0.2, 0) is 9.47 Å². The molecule has 12 heteroatoms. The highest BCUT2D eigenvalue weighted by atomic mass is 16.5. The van der Waals surface area contributed by atoms with Crippen LogP contribution in [0.15, 0.2) is 51.7 Å². The average Bonchev–Trinajstić information content (AvgIpc) is 2.91. The number of rotatable bonds is 4. The van der Waals surface area contributed by atoms with Gasteiger partial charge in [-0.15, -0.1) is 0 Å². The van der Waals surface area contributed by atoms with E-state index < -0.39 is 67.0 Å². The van der Waals surface area contributed by atoms with Gasteiger partial charge in [-0.25, -0.2) is 0 Å². The Kier molecular flexibility index (Phi) is 7.26. The predicted octanol–water partition coefficient (Wildman–Crippen LogP) is -1.17. The minimum atomic E-state index is -1.72. The molecule has 12 nitrogen and oxygen atoms in total. The summed E-state index contributed by atoms with van der Waals surface area (Å²) in [6, 6.07) is 9.86. The third-order valence-electron chi connectivity index (χ3n) is 7.06. The third-order valence-corrected chi connectivity index (χ3v) is 7.06. The fourth-order valence-electron chi connectivity index (χ4n) is 4.91. The molecule has 0 spiro atoms. The number of benzene rings is 2. The third kappa shape index (κ3) is 4.60. The van der Waals surface area contributed by atoms with Crippen LogP contribution < -0.4 is 5.43 Å². The Hall–Kier alpha value is -2.91. The molecule has 1 aromatic heterocycles. The molecule has 0 radical (unpaired) electrons. The first-order chi connectivity index (χ1) is 18.1.